The number of rotatable bonds is 10. The van der Waals surface area contributed by atoms with Crippen molar-refractivity contribution in [2.75, 3.05) is 4.90 Å². The van der Waals surface area contributed by atoms with E-state index in [2.05, 4.69) is 316 Å². The molecule has 0 bridgehead atoms. The Morgan fingerprint density at radius 1 is 0.234 bits per heavy atom. The molecule has 12 aromatic rings. The number of hydrogen-bond acceptors (Lipinski definition) is 1. The molecule has 0 fully saturated rings. The molecule has 0 heterocycles. The van der Waals surface area contributed by atoms with Gasteiger partial charge in [0.1, 0.15) is 0 Å². The molecule has 0 aromatic heterocycles. The van der Waals surface area contributed by atoms with Crippen LogP contribution in [0.3, 0.4) is 0 Å². The van der Waals surface area contributed by atoms with Gasteiger partial charge in [0.15, 0.2) is 0 Å². The SMILES string of the molecule is CC1(C)c2cc(-c3ccccc3-c3ccccc3)ccc2-c2ccc(N(c3ccc4c(c3)C(c3ccccc3)(c3ccccc3)c3cc(-c5ccccc5)ccc3-4)c3ccccc3-c3cccc(-c4ccccc4)c3)cc21. The molecular formula is C76H55N. The van der Waals surface area contributed by atoms with Gasteiger partial charge in [-0.15, -0.1) is 0 Å². The van der Waals surface area contributed by atoms with E-state index < -0.39 is 5.41 Å². The van der Waals surface area contributed by atoms with Gasteiger partial charge in [-0.3, -0.25) is 0 Å². The molecule has 0 saturated carbocycles. The quantitative estimate of drug-likeness (QED) is 0.132. The minimum Gasteiger partial charge on any atom is -0.310 e. The van der Waals surface area contributed by atoms with Crippen LogP contribution in [0, 0.1) is 0 Å². The molecule has 12 aromatic carbocycles. The van der Waals surface area contributed by atoms with E-state index in [-0.39, 0.29) is 5.41 Å². The first-order valence-electron chi connectivity index (χ1n) is 26.9. The minimum atomic E-state index is -0.623. The van der Waals surface area contributed by atoms with Crippen LogP contribution in [0.15, 0.2) is 297 Å². The Labute approximate surface area is 452 Å². The van der Waals surface area contributed by atoms with Gasteiger partial charge < -0.3 is 4.90 Å². The fourth-order valence-electron chi connectivity index (χ4n) is 12.9. The van der Waals surface area contributed by atoms with E-state index in [0.29, 0.717) is 0 Å². The van der Waals surface area contributed by atoms with Gasteiger partial charge in [-0.1, -0.05) is 263 Å². The van der Waals surface area contributed by atoms with Crippen LogP contribution in [0.5, 0.6) is 0 Å². The third kappa shape index (κ3) is 7.61. The molecule has 0 radical (unpaired) electrons. The number of para-hydroxylation sites is 1. The summed E-state index contributed by atoms with van der Waals surface area (Å²) in [4.78, 5) is 2.53. The highest BCUT2D eigenvalue weighted by atomic mass is 15.1. The van der Waals surface area contributed by atoms with Crippen LogP contribution in [-0.2, 0) is 10.8 Å². The molecule has 0 atom stereocenters. The Kier molecular flexibility index (Phi) is 11.2. The Morgan fingerprint density at radius 3 is 1.18 bits per heavy atom. The van der Waals surface area contributed by atoms with Crippen LogP contribution in [-0.4, -0.2) is 0 Å². The summed E-state index contributed by atoms with van der Waals surface area (Å²) in [6, 6.07) is 110. The van der Waals surface area contributed by atoms with Crippen molar-refractivity contribution < 1.29 is 0 Å². The van der Waals surface area contributed by atoms with Crippen LogP contribution < -0.4 is 4.90 Å². The lowest BCUT2D eigenvalue weighted by molar-refractivity contribution is 0.660. The number of hydrogen-bond donors (Lipinski definition) is 0. The summed E-state index contributed by atoms with van der Waals surface area (Å²) in [5.74, 6) is 0. The highest BCUT2D eigenvalue weighted by Gasteiger charge is 2.47. The van der Waals surface area contributed by atoms with Crippen molar-refractivity contribution in [3.05, 3.63) is 331 Å². The number of anilines is 3. The molecule has 2 aliphatic carbocycles. The van der Waals surface area contributed by atoms with Gasteiger partial charge in [-0.25, -0.2) is 0 Å². The summed E-state index contributed by atoms with van der Waals surface area (Å²) in [5, 5.41) is 0. The van der Waals surface area contributed by atoms with E-state index in [9.17, 15) is 0 Å². The molecule has 2 aliphatic rings. The summed E-state index contributed by atoms with van der Waals surface area (Å²) in [5.41, 5.74) is 27.2. The van der Waals surface area contributed by atoms with Crippen LogP contribution in [0.4, 0.5) is 17.1 Å². The van der Waals surface area contributed by atoms with Gasteiger partial charge in [0, 0.05) is 22.4 Å². The summed E-state index contributed by atoms with van der Waals surface area (Å²) < 4.78 is 0. The Bertz CT molecular complexity index is 4120. The number of benzene rings is 12. The van der Waals surface area contributed by atoms with Crippen LogP contribution in [0.25, 0.3) is 77.9 Å². The average Bonchev–Trinajstić information content (AvgIpc) is 4.18. The van der Waals surface area contributed by atoms with Crippen molar-refractivity contribution >= 4 is 17.1 Å². The molecule has 364 valence electrons. The molecule has 0 aliphatic heterocycles. The van der Waals surface area contributed by atoms with E-state index in [1.807, 2.05) is 0 Å². The van der Waals surface area contributed by atoms with E-state index >= 15 is 0 Å². The molecule has 14 rings (SSSR count). The second-order valence-electron chi connectivity index (χ2n) is 21.2. The molecule has 0 unspecified atom stereocenters. The first-order valence-corrected chi connectivity index (χ1v) is 26.9. The monoisotopic (exact) mass is 981 g/mol. The van der Waals surface area contributed by atoms with E-state index in [0.717, 1.165) is 28.2 Å². The zero-order valence-electron chi connectivity index (χ0n) is 43.2. The summed E-state index contributed by atoms with van der Waals surface area (Å²) in [6.07, 6.45) is 0. The largest absolute Gasteiger partial charge is 0.310 e. The average molecular weight is 982 g/mol. The zero-order valence-corrected chi connectivity index (χ0v) is 43.2. The van der Waals surface area contributed by atoms with Crippen LogP contribution in [0.2, 0.25) is 0 Å². The standard InChI is InChI=1S/C76H55N/c1-75(2)70-49-58(64-36-19-18-35-63(64)54-27-12-5-13-28-54)40-44-66(70)67-45-41-61(50-71(67)75)77(74-38-21-20-37-65(74)57-30-22-29-55(47-57)52-23-8-3-9-24-52)62-42-46-69-68-43-39-56(53-25-10-4-11-26-53)48-72(68)76(73(69)51-62,59-31-14-6-15-32-59)60-33-16-7-17-34-60/h3-51H,1-2H3. The lowest BCUT2D eigenvalue weighted by Crippen LogP contribution is -2.29. The van der Waals surface area contributed by atoms with Crippen LogP contribution >= 0.6 is 0 Å². The van der Waals surface area contributed by atoms with Gasteiger partial charge in [-0.05, 0) is 154 Å². The fourth-order valence-corrected chi connectivity index (χ4v) is 12.9. The first-order chi connectivity index (χ1) is 37.9. The topological polar surface area (TPSA) is 3.24 Å². The van der Waals surface area contributed by atoms with E-state index in [4.69, 9.17) is 0 Å². The lowest BCUT2D eigenvalue weighted by Gasteiger charge is -2.35. The molecule has 1 heteroatoms. The van der Waals surface area contributed by atoms with Gasteiger partial charge in [-0.2, -0.15) is 0 Å². The van der Waals surface area contributed by atoms with Crippen LogP contribution in [0.1, 0.15) is 47.2 Å². The minimum absolute atomic E-state index is 0.292. The molecular weight excluding hydrogens is 927 g/mol. The first kappa shape index (κ1) is 46.0. The second-order valence-corrected chi connectivity index (χ2v) is 21.2. The third-order valence-corrected chi connectivity index (χ3v) is 16.6. The Hall–Kier alpha value is -9.56. The van der Waals surface area contributed by atoms with Crippen molar-refractivity contribution in [3.8, 4) is 77.9 Å². The highest BCUT2D eigenvalue weighted by molar-refractivity contribution is 5.96. The number of nitrogens with zero attached hydrogens (tertiary/aromatic N) is 1. The second kappa shape index (κ2) is 18.7. The van der Waals surface area contributed by atoms with Crippen molar-refractivity contribution in [1.82, 2.24) is 0 Å². The van der Waals surface area contributed by atoms with Gasteiger partial charge in [0.25, 0.3) is 0 Å². The lowest BCUT2D eigenvalue weighted by atomic mass is 9.67. The van der Waals surface area contributed by atoms with E-state index in [1.54, 1.807) is 0 Å². The van der Waals surface area contributed by atoms with Crippen molar-refractivity contribution in [3.63, 3.8) is 0 Å². The molecule has 0 saturated heterocycles. The summed E-state index contributed by atoms with van der Waals surface area (Å²) in [6.45, 7) is 4.82. The van der Waals surface area contributed by atoms with Crippen molar-refractivity contribution in [1.29, 1.82) is 0 Å². The molecule has 0 amide bonds. The predicted octanol–water partition coefficient (Wildman–Crippen LogP) is 20.2. The maximum absolute atomic E-state index is 2.53. The van der Waals surface area contributed by atoms with Crippen molar-refractivity contribution in [2.24, 2.45) is 0 Å². The maximum atomic E-state index is 2.53. The van der Waals surface area contributed by atoms with E-state index in [1.165, 1.54) is 100 Å². The fraction of sp³-hybridized carbons (Fsp3) is 0.0526. The third-order valence-electron chi connectivity index (χ3n) is 16.6. The molecule has 1 nitrogen and oxygen atoms in total. The molecule has 77 heavy (non-hydrogen) atoms. The predicted molar refractivity (Wildman–Crippen MR) is 323 cm³/mol. The normalized spacial score (nSPS) is 13.3. The Balaban J connectivity index is 0.980. The highest BCUT2D eigenvalue weighted by Crippen LogP contribution is 2.59. The van der Waals surface area contributed by atoms with Gasteiger partial charge in [0.2, 0.25) is 0 Å². The smallest absolute Gasteiger partial charge is 0.0714 e. The maximum Gasteiger partial charge on any atom is 0.0714 e. The molecule has 0 spiro atoms. The van der Waals surface area contributed by atoms with Gasteiger partial charge >= 0.3 is 0 Å². The zero-order chi connectivity index (χ0) is 51.5. The molecule has 0 N–H and O–H groups in total. The number of fused-ring (bicyclic) bond motifs is 6. The van der Waals surface area contributed by atoms with Gasteiger partial charge in [0.05, 0.1) is 11.1 Å². The Morgan fingerprint density at radius 2 is 0.597 bits per heavy atom. The van der Waals surface area contributed by atoms with Crippen molar-refractivity contribution in [2.45, 2.75) is 24.7 Å². The summed E-state index contributed by atoms with van der Waals surface area (Å²) >= 11 is 0. The summed E-state index contributed by atoms with van der Waals surface area (Å²) in [7, 11) is 0.